The number of carbonyl (C=O) groups is 2. The van der Waals surface area contributed by atoms with E-state index < -0.39 is 0 Å². The normalized spacial score (nSPS) is 9.75. The Kier molecular flexibility index (Phi) is 2.82. The fourth-order valence-electron chi connectivity index (χ4n) is 1.36. The van der Waals surface area contributed by atoms with E-state index in [1.165, 1.54) is 24.7 Å². The molecule has 0 aromatic carbocycles. The van der Waals surface area contributed by atoms with Crippen molar-refractivity contribution in [3.05, 3.63) is 59.7 Å². The lowest BCUT2D eigenvalue weighted by Gasteiger charge is -2.02. The fraction of sp³-hybridized carbons (Fsp3) is 0. The van der Waals surface area contributed by atoms with Crippen LogP contribution < -0.4 is 0 Å². The highest BCUT2D eigenvalue weighted by Gasteiger charge is 2.12. The van der Waals surface area contributed by atoms with Crippen LogP contribution in [0.2, 0.25) is 0 Å². The van der Waals surface area contributed by atoms with Gasteiger partial charge in [0.1, 0.15) is 0 Å². The molecule has 0 amide bonds. The number of pyridine rings is 2. The van der Waals surface area contributed by atoms with Crippen LogP contribution in [0.25, 0.3) is 0 Å². The summed E-state index contributed by atoms with van der Waals surface area (Å²) in [5, 5.41) is 0. The van der Waals surface area contributed by atoms with Crippen LogP contribution in [-0.2, 0) is 0 Å². The Hall–Kier alpha value is -2.36. The third-order valence-electron chi connectivity index (χ3n) is 2.15. The van der Waals surface area contributed by atoms with E-state index in [1.807, 2.05) is 0 Å². The predicted octanol–water partition coefficient (Wildman–Crippen LogP) is 1.52. The first kappa shape index (κ1) is 10.2. The molecule has 16 heavy (non-hydrogen) atoms. The van der Waals surface area contributed by atoms with Gasteiger partial charge in [0.2, 0.25) is 0 Å². The molecular weight excluding hydrogens is 204 g/mol. The van der Waals surface area contributed by atoms with Crippen molar-refractivity contribution in [1.82, 2.24) is 9.97 Å². The number of rotatable bonds is 3. The van der Waals surface area contributed by atoms with Gasteiger partial charge in [0.05, 0.1) is 0 Å². The monoisotopic (exact) mass is 212 g/mol. The highest BCUT2D eigenvalue weighted by molar-refractivity contribution is 6.12. The van der Waals surface area contributed by atoms with Crippen molar-refractivity contribution in [3.8, 4) is 0 Å². The van der Waals surface area contributed by atoms with Crippen molar-refractivity contribution >= 4 is 12.1 Å². The Morgan fingerprint density at radius 2 is 1.94 bits per heavy atom. The number of carbonyl (C=O) groups excluding carboxylic acids is 2. The van der Waals surface area contributed by atoms with Gasteiger partial charge in [-0.25, -0.2) is 0 Å². The largest absolute Gasteiger partial charge is 0.298 e. The molecule has 78 valence electrons. The van der Waals surface area contributed by atoms with Crippen molar-refractivity contribution in [2.24, 2.45) is 0 Å². The fourth-order valence-corrected chi connectivity index (χ4v) is 1.36. The van der Waals surface area contributed by atoms with Gasteiger partial charge in [0.15, 0.2) is 12.1 Å². The van der Waals surface area contributed by atoms with Crippen molar-refractivity contribution in [1.29, 1.82) is 0 Å². The predicted molar refractivity (Wildman–Crippen MR) is 57.3 cm³/mol. The molecule has 4 heteroatoms. The van der Waals surface area contributed by atoms with Crippen LogP contribution in [0.1, 0.15) is 26.3 Å². The van der Waals surface area contributed by atoms with Crippen LogP contribution in [0.3, 0.4) is 0 Å². The number of ketones is 1. The van der Waals surface area contributed by atoms with E-state index >= 15 is 0 Å². The maximum atomic E-state index is 12.0. The second-order valence-corrected chi connectivity index (χ2v) is 3.15. The molecule has 0 radical (unpaired) electrons. The van der Waals surface area contributed by atoms with Crippen molar-refractivity contribution in [3.63, 3.8) is 0 Å². The maximum Gasteiger partial charge on any atom is 0.195 e. The highest BCUT2D eigenvalue weighted by Crippen LogP contribution is 2.11. The summed E-state index contributed by atoms with van der Waals surface area (Å²) in [6, 6.07) is 4.86. The molecule has 0 saturated heterocycles. The molecule has 2 aromatic heterocycles. The number of hydrogen-bond acceptors (Lipinski definition) is 4. The van der Waals surface area contributed by atoms with Gasteiger partial charge < -0.3 is 0 Å². The van der Waals surface area contributed by atoms with Crippen molar-refractivity contribution in [2.45, 2.75) is 0 Å². The molecule has 0 bridgehead atoms. The first-order valence-electron chi connectivity index (χ1n) is 4.67. The average molecular weight is 212 g/mol. The van der Waals surface area contributed by atoms with Gasteiger partial charge in [-0.2, -0.15) is 0 Å². The van der Waals surface area contributed by atoms with E-state index in [0.717, 1.165) is 0 Å². The molecule has 0 unspecified atom stereocenters. The zero-order valence-corrected chi connectivity index (χ0v) is 8.33. The van der Waals surface area contributed by atoms with Crippen LogP contribution in [0.4, 0.5) is 0 Å². The summed E-state index contributed by atoms with van der Waals surface area (Å²) >= 11 is 0. The number of nitrogens with zero attached hydrogens (tertiary/aromatic N) is 2. The SMILES string of the molecule is O=Cc1cnccc1C(=O)c1cccnc1. The minimum absolute atomic E-state index is 0.224. The Morgan fingerprint density at radius 1 is 1.12 bits per heavy atom. The first-order valence-corrected chi connectivity index (χ1v) is 4.67. The molecule has 4 nitrogen and oxygen atoms in total. The van der Waals surface area contributed by atoms with Crippen LogP contribution in [0.5, 0.6) is 0 Å². The van der Waals surface area contributed by atoms with Gasteiger partial charge in [-0.15, -0.1) is 0 Å². The summed E-state index contributed by atoms with van der Waals surface area (Å²) in [5.41, 5.74) is 1.09. The Bertz CT molecular complexity index is 524. The van der Waals surface area contributed by atoms with E-state index in [-0.39, 0.29) is 11.3 Å². The molecular formula is C12H8N2O2. The lowest BCUT2D eigenvalue weighted by molar-refractivity contribution is 0.102. The Balaban J connectivity index is 2.46. The van der Waals surface area contributed by atoms with Gasteiger partial charge in [-0.1, -0.05) is 0 Å². The van der Waals surface area contributed by atoms with Gasteiger partial charge in [-0.3, -0.25) is 19.6 Å². The van der Waals surface area contributed by atoms with E-state index in [2.05, 4.69) is 9.97 Å². The smallest absolute Gasteiger partial charge is 0.195 e. The zero-order valence-electron chi connectivity index (χ0n) is 8.33. The molecule has 2 heterocycles. The maximum absolute atomic E-state index is 12.0. The van der Waals surface area contributed by atoms with Crippen LogP contribution in [-0.4, -0.2) is 22.0 Å². The Labute approximate surface area is 92.0 Å². The molecule has 0 aliphatic carbocycles. The van der Waals surface area contributed by atoms with E-state index in [4.69, 9.17) is 0 Å². The average Bonchev–Trinajstić information content (AvgIpc) is 2.39. The van der Waals surface area contributed by atoms with E-state index in [9.17, 15) is 9.59 Å². The van der Waals surface area contributed by atoms with E-state index in [1.54, 1.807) is 18.3 Å². The summed E-state index contributed by atoms with van der Waals surface area (Å²) in [7, 11) is 0. The Morgan fingerprint density at radius 3 is 2.62 bits per heavy atom. The van der Waals surface area contributed by atoms with Crippen molar-refractivity contribution in [2.75, 3.05) is 0 Å². The van der Waals surface area contributed by atoms with E-state index in [0.29, 0.717) is 17.4 Å². The van der Waals surface area contributed by atoms with Crippen LogP contribution >= 0.6 is 0 Å². The topological polar surface area (TPSA) is 59.9 Å². The number of aromatic nitrogens is 2. The molecule has 0 N–H and O–H groups in total. The summed E-state index contributed by atoms with van der Waals surface area (Å²) in [5.74, 6) is -0.224. The minimum Gasteiger partial charge on any atom is -0.298 e. The second-order valence-electron chi connectivity index (χ2n) is 3.15. The molecule has 0 aliphatic heterocycles. The highest BCUT2D eigenvalue weighted by atomic mass is 16.1. The molecule has 2 aromatic rings. The van der Waals surface area contributed by atoms with Gasteiger partial charge in [0.25, 0.3) is 0 Å². The molecule has 0 saturated carbocycles. The van der Waals surface area contributed by atoms with Crippen LogP contribution in [0.15, 0.2) is 43.0 Å². The second kappa shape index (κ2) is 4.44. The molecule has 0 fully saturated rings. The molecule has 0 atom stereocenters. The zero-order chi connectivity index (χ0) is 11.4. The molecule has 0 spiro atoms. The standard InChI is InChI=1S/C12H8N2O2/c15-8-10-7-14-5-3-11(10)12(16)9-2-1-4-13-6-9/h1-8H. The minimum atomic E-state index is -0.224. The lowest BCUT2D eigenvalue weighted by Crippen LogP contribution is -2.05. The third kappa shape index (κ3) is 1.86. The quantitative estimate of drug-likeness (QED) is 0.571. The lowest BCUT2D eigenvalue weighted by atomic mass is 10.0. The molecule has 2 rings (SSSR count). The summed E-state index contributed by atoms with van der Waals surface area (Å²) < 4.78 is 0. The summed E-state index contributed by atoms with van der Waals surface area (Å²) in [4.78, 5) is 30.4. The molecule has 0 aliphatic rings. The summed E-state index contributed by atoms with van der Waals surface area (Å²) in [6.45, 7) is 0. The van der Waals surface area contributed by atoms with Crippen molar-refractivity contribution < 1.29 is 9.59 Å². The first-order chi connectivity index (χ1) is 7.83. The van der Waals surface area contributed by atoms with Gasteiger partial charge in [-0.05, 0) is 18.2 Å². The van der Waals surface area contributed by atoms with Gasteiger partial charge in [0, 0.05) is 41.5 Å². The third-order valence-corrected chi connectivity index (χ3v) is 2.15. The number of hydrogen-bond donors (Lipinski definition) is 0. The van der Waals surface area contributed by atoms with Crippen LogP contribution in [0, 0.1) is 0 Å². The summed E-state index contributed by atoms with van der Waals surface area (Å²) in [6.07, 6.45) is 6.53. The number of aldehydes is 1. The van der Waals surface area contributed by atoms with Gasteiger partial charge >= 0.3 is 0 Å².